The first-order valence-corrected chi connectivity index (χ1v) is 4.39. The molecule has 0 saturated carbocycles. The highest BCUT2D eigenvalue weighted by Crippen LogP contribution is 2.24. The Kier molecular flexibility index (Phi) is 1.57. The number of anilines is 1. The van der Waals surface area contributed by atoms with Crippen LogP contribution in [0.15, 0.2) is 18.2 Å². The SMILES string of the molecule is [2H]C([2H])C(=O)Nc1ccc2c(c1)CCC2=O. The molecule has 0 atom stereocenters. The number of aryl methyl sites for hydroxylation is 1. The quantitative estimate of drug-likeness (QED) is 0.735. The van der Waals surface area contributed by atoms with Gasteiger partial charge >= 0.3 is 0 Å². The van der Waals surface area contributed by atoms with E-state index in [0.717, 1.165) is 5.56 Å². The van der Waals surface area contributed by atoms with Crippen LogP contribution in [0, 0.1) is 0 Å². The third kappa shape index (κ3) is 1.53. The minimum absolute atomic E-state index is 0.131. The fourth-order valence-corrected chi connectivity index (χ4v) is 1.68. The van der Waals surface area contributed by atoms with E-state index in [9.17, 15) is 9.59 Å². The van der Waals surface area contributed by atoms with Gasteiger partial charge < -0.3 is 5.32 Å². The molecule has 1 aliphatic rings. The molecule has 1 amide bonds. The molecule has 0 unspecified atom stereocenters. The second kappa shape index (κ2) is 3.25. The van der Waals surface area contributed by atoms with Gasteiger partial charge in [0.15, 0.2) is 5.78 Å². The molecule has 1 N–H and O–H groups in total. The van der Waals surface area contributed by atoms with Crippen LogP contribution in [-0.2, 0) is 11.2 Å². The summed E-state index contributed by atoms with van der Waals surface area (Å²) in [5.41, 5.74) is 2.18. The van der Waals surface area contributed by atoms with Crippen molar-refractivity contribution < 1.29 is 12.3 Å². The number of amides is 1. The van der Waals surface area contributed by atoms with Crippen LogP contribution < -0.4 is 5.32 Å². The topological polar surface area (TPSA) is 46.2 Å². The molecule has 0 bridgehead atoms. The lowest BCUT2D eigenvalue weighted by molar-refractivity contribution is -0.114. The first kappa shape index (κ1) is 6.76. The van der Waals surface area contributed by atoms with Gasteiger partial charge in [-0.3, -0.25) is 9.59 Å². The van der Waals surface area contributed by atoms with E-state index >= 15 is 0 Å². The lowest BCUT2D eigenvalue weighted by Gasteiger charge is -2.03. The summed E-state index contributed by atoms with van der Waals surface area (Å²) < 4.78 is 13.8. The van der Waals surface area contributed by atoms with Crippen molar-refractivity contribution in [2.75, 3.05) is 5.32 Å². The van der Waals surface area contributed by atoms with Gasteiger partial charge in [0.2, 0.25) is 5.91 Å². The van der Waals surface area contributed by atoms with Crippen molar-refractivity contribution in [2.24, 2.45) is 0 Å². The van der Waals surface area contributed by atoms with Crippen molar-refractivity contribution >= 4 is 17.4 Å². The van der Waals surface area contributed by atoms with Gasteiger partial charge in [-0.25, -0.2) is 0 Å². The molecular formula is C11H11NO2. The number of ketones is 1. The van der Waals surface area contributed by atoms with Crippen molar-refractivity contribution in [2.45, 2.75) is 19.7 Å². The number of benzene rings is 1. The Morgan fingerprint density at radius 2 is 2.36 bits per heavy atom. The molecule has 1 aliphatic carbocycles. The van der Waals surface area contributed by atoms with Gasteiger partial charge in [-0.15, -0.1) is 0 Å². The zero-order valence-corrected chi connectivity index (χ0v) is 7.54. The second-order valence-corrected chi connectivity index (χ2v) is 3.28. The highest BCUT2D eigenvalue weighted by atomic mass is 16.1. The van der Waals surface area contributed by atoms with Crippen LogP contribution in [0.2, 0.25) is 0 Å². The molecule has 0 fully saturated rings. The Morgan fingerprint density at radius 1 is 1.50 bits per heavy atom. The van der Waals surface area contributed by atoms with E-state index in [1.54, 1.807) is 18.2 Å². The summed E-state index contributed by atoms with van der Waals surface area (Å²) in [5, 5.41) is 2.46. The number of hydrogen-bond donors (Lipinski definition) is 1. The number of rotatable bonds is 1. The van der Waals surface area contributed by atoms with E-state index in [4.69, 9.17) is 2.74 Å². The molecule has 3 nitrogen and oxygen atoms in total. The summed E-state index contributed by atoms with van der Waals surface area (Å²) in [4.78, 5) is 22.5. The van der Waals surface area contributed by atoms with Gasteiger partial charge in [-0.05, 0) is 30.2 Å². The van der Waals surface area contributed by atoms with Crippen LogP contribution in [0.3, 0.4) is 0 Å². The standard InChI is InChI=1S/C11H11NO2/c1-7(13)12-9-3-4-10-8(6-9)2-5-11(10)14/h3-4,6H,2,5H2,1H3,(H,12,13)/i1D2. The molecular weight excluding hydrogens is 178 g/mol. The van der Waals surface area contributed by atoms with Crippen LogP contribution in [-0.4, -0.2) is 11.7 Å². The largest absolute Gasteiger partial charge is 0.326 e. The Hall–Kier alpha value is -1.64. The van der Waals surface area contributed by atoms with Crippen LogP contribution >= 0.6 is 0 Å². The number of fused-ring (bicyclic) bond motifs is 1. The molecule has 72 valence electrons. The van der Waals surface area contributed by atoms with Gasteiger partial charge in [0.1, 0.15) is 0 Å². The Labute approximate surface area is 84.9 Å². The predicted octanol–water partition coefficient (Wildman–Crippen LogP) is 1.77. The fourth-order valence-electron chi connectivity index (χ4n) is 1.68. The summed E-state index contributed by atoms with van der Waals surface area (Å²) in [6, 6.07) is 5.05. The number of Topliss-reactive ketones (excluding diaryl/α,β-unsaturated/α-hetero) is 1. The Morgan fingerprint density at radius 3 is 3.14 bits per heavy atom. The molecule has 0 saturated heterocycles. The van der Waals surface area contributed by atoms with Crippen LogP contribution in [0.4, 0.5) is 5.69 Å². The van der Waals surface area contributed by atoms with E-state index < -0.39 is 12.8 Å². The monoisotopic (exact) mass is 191 g/mol. The van der Waals surface area contributed by atoms with Crippen molar-refractivity contribution in [3.63, 3.8) is 0 Å². The van der Waals surface area contributed by atoms with Crippen LogP contribution in [0.1, 0.15) is 32.0 Å². The average Bonchev–Trinajstić information content (AvgIpc) is 2.60. The van der Waals surface area contributed by atoms with Crippen molar-refractivity contribution in [3.05, 3.63) is 29.3 Å². The van der Waals surface area contributed by atoms with Crippen molar-refractivity contribution in [1.82, 2.24) is 0 Å². The van der Waals surface area contributed by atoms with Crippen LogP contribution in [0.25, 0.3) is 0 Å². The Balaban J connectivity index is 2.20. The van der Waals surface area contributed by atoms with Crippen molar-refractivity contribution in [3.8, 4) is 0 Å². The highest BCUT2D eigenvalue weighted by Gasteiger charge is 2.19. The lowest BCUT2D eigenvalue weighted by atomic mass is 10.1. The van der Waals surface area contributed by atoms with E-state index in [2.05, 4.69) is 5.32 Å². The first-order chi connectivity index (χ1) is 7.58. The third-order valence-electron chi connectivity index (χ3n) is 2.29. The maximum Gasteiger partial charge on any atom is 0.221 e. The lowest BCUT2D eigenvalue weighted by Crippen LogP contribution is -2.06. The summed E-state index contributed by atoms with van der Waals surface area (Å²) in [6.45, 7) is -1.53. The fraction of sp³-hybridized carbons (Fsp3) is 0.273. The molecule has 0 aromatic heterocycles. The van der Waals surface area contributed by atoms with Crippen molar-refractivity contribution in [1.29, 1.82) is 0 Å². The van der Waals surface area contributed by atoms with Gasteiger partial charge in [0.25, 0.3) is 0 Å². The summed E-state index contributed by atoms with van der Waals surface area (Å²) >= 11 is 0. The minimum Gasteiger partial charge on any atom is -0.326 e. The summed E-state index contributed by atoms with van der Waals surface area (Å²) in [6.07, 6.45) is 1.22. The van der Waals surface area contributed by atoms with Gasteiger partial charge in [0, 0.05) is 27.3 Å². The smallest absolute Gasteiger partial charge is 0.221 e. The maximum absolute atomic E-state index is 11.4. The average molecular weight is 191 g/mol. The zero-order valence-electron chi connectivity index (χ0n) is 9.54. The van der Waals surface area contributed by atoms with Gasteiger partial charge in [-0.1, -0.05) is 0 Å². The molecule has 0 aliphatic heterocycles. The zero-order chi connectivity index (χ0) is 11.7. The number of carbonyl (C=O) groups excluding carboxylic acids is 2. The molecule has 1 aromatic rings. The molecule has 3 heteroatoms. The summed E-state index contributed by atoms with van der Waals surface area (Å²) in [7, 11) is 0. The normalized spacial score (nSPS) is 16.2. The second-order valence-electron chi connectivity index (χ2n) is 3.28. The molecule has 0 heterocycles. The summed E-state index contributed by atoms with van der Waals surface area (Å²) in [5.74, 6) is -0.531. The maximum atomic E-state index is 11.4. The Bertz CT molecular complexity index is 457. The van der Waals surface area contributed by atoms with Gasteiger partial charge in [-0.2, -0.15) is 0 Å². The van der Waals surface area contributed by atoms with E-state index in [1.165, 1.54) is 0 Å². The third-order valence-corrected chi connectivity index (χ3v) is 2.29. The molecule has 0 spiro atoms. The minimum atomic E-state index is -1.53. The molecule has 14 heavy (non-hydrogen) atoms. The number of nitrogens with one attached hydrogen (secondary N) is 1. The first-order valence-electron chi connectivity index (χ1n) is 5.55. The molecule has 2 rings (SSSR count). The van der Waals surface area contributed by atoms with Crippen LogP contribution in [0.5, 0.6) is 0 Å². The molecule has 0 radical (unpaired) electrons. The predicted molar refractivity (Wildman–Crippen MR) is 53.4 cm³/mol. The van der Waals surface area contributed by atoms with E-state index in [1.807, 2.05) is 0 Å². The highest BCUT2D eigenvalue weighted by molar-refractivity contribution is 6.01. The number of carbonyl (C=O) groups is 2. The number of hydrogen-bond acceptors (Lipinski definition) is 2. The molecule has 1 aromatic carbocycles. The van der Waals surface area contributed by atoms with E-state index in [0.29, 0.717) is 24.1 Å². The van der Waals surface area contributed by atoms with Gasteiger partial charge in [0.05, 0.1) is 0 Å². The van der Waals surface area contributed by atoms with E-state index in [-0.39, 0.29) is 5.78 Å².